The standard InChI is InChI=1S/C26H25N3O3/c30-22(15-29-25(31)23-17-9-10-18(13-17)24(23)26(29)32)27-20-7-3-1-6-19(20)14-28-12-11-16-5-2-4-8-21(16)28/h1-10,17-18,23-24H,11-15H2,(H,27,30)/t17-,18+,23-,24-/m0/s1. The molecule has 6 heteroatoms. The Bertz CT molecular complexity index is 1130. The van der Waals surface area contributed by atoms with Crippen LogP contribution in [0.1, 0.15) is 17.5 Å². The quantitative estimate of drug-likeness (QED) is 0.588. The van der Waals surface area contributed by atoms with Crippen molar-refractivity contribution in [2.75, 3.05) is 23.3 Å². The summed E-state index contributed by atoms with van der Waals surface area (Å²) < 4.78 is 0. The van der Waals surface area contributed by atoms with Crippen LogP contribution in [0.4, 0.5) is 11.4 Å². The van der Waals surface area contributed by atoms with Crippen LogP contribution in [-0.2, 0) is 27.3 Å². The van der Waals surface area contributed by atoms with Gasteiger partial charge in [0.15, 0.2) is 0 Å². The van der Waals surface area contributed by atoms with E-state index in [4.69, 9.17) is 0 Å². The van der Waals surface area contributed by atoms with Crippen LogP contribution in [0, 0.1) is 23.7 Å². The molecule has 1 saturated heterocycles. The number of hydrogen-bond acceptors (Lipinski definition) is 4. The van der Waals surface area contributed by atoms with Gasteiger partial charge in [-0.3, -0.25) is 19.3 Å². The van der Waals surface area contributed by atoms with Gasteiger partial charge in [0, 0.05) is 24.5 Å². The van der Waals surface area contributed by atoms with Gasteiger partial charge in [-0.2, -0.15) is 0 Å². The molecule has 2 bridgehead atoms. The highest BCUT2D eigenvalue weighted by Gasteiger charge is 2.59. The first-order valence-electron chi connectivity index (χ1n) is 11.3. The summed E-state index contributed by atoms with van der Waals surface area (Å²) in [7, 11) is 0. The lowest BCUT2D eigenvalue weighted by atomic mass is 9.85. The number of anilines is 2. The van der Waals surface area contributed by atoms with Gasteiger partial charge in [0.25, 0.3) is 0 Å². The minimum Gasteiger partial charge on any atom is -0.367 e. The number of carbonyl (C=O) groups excluding carboxylic acids is 3. The van der Waals surface area contributed by atoms with Gasteiger partial charge >= 0.3 is 0 Å². The molecule has 2 aromatic rings. The van der Waals surface area contributed by atoms with Crippen molar-refractivity contribution < 1.29 is 14.4 Å². The van der Waals surface area contributed by atoms with Crippen molar-refractivity contribution in [2.45, 2.75) is 19.4 Å². The highest BCUT2D eigenvalue weighted by atomic mass is 16.2. The first-order chi connectivity index (χ1) is 15.6. The molecule has 1 N–H and O–H groups in total. The fraction of sp³-hybridized carbons (Fsp3) is 0.346. The first kappa shape index (κ1) is 19.3. The van der Waals surface area contributed by atoms with Gasteiger partial charge in [0.2, 0.25) is 17.7 Å². The van der Waals surface area contributed by atoms with Crippen LogP contribution in [0.3, 0.4) is 0 Å². The SMILES string of the molecule is O=C(CN1C(=O)[C@@H]2[C@@H](C1=O)[C@H]1C=C[C@@H]2C1)Nc1ccccc1CN1CCc2ccccc21. The average molecular weight is 428 g/mol. The molecule has 2 fully saturated rings. The van der Waals surface area contributed by atoms with Crippen LogP contribution in [0.15, 0.2) is 60.7 Å². The number of fused-ring (bicyclic) bond motifs is 6. The second kappa shape index (κ2) is 7.33. The molecule has 0 aromatic heterocycles. The summed E-state index contributed by atoms with van der Waals surface area (Å²) in [6.45, 7) is 1.41. The molecule has 4 atom stereocenters. The summed E-state index contributed by atoms with van der Waals surface area (Å²) in [5, 5.41) is 2.95. The van der Waals surface area contributed by atoms with Crippen LogP contribution < -0.4 is 10.2 Å². The Balaban J connectivity index is 1.15. The second-order valence-corrected chi connectivity index (χ2v) is 9.27. The fourth-order valence-corrected chi connectivity index (χ4v) is 6.01. The van der Waals surface area contributed by atoms with Crippen molar-refractivity contribution in [3.05, 3.63) is 71.8 Å². The first-order valence-corrected chi connectivity index (χ1v) is 11.3. The molecule has 2 heterocycles. The van der Waals surface area contributed by atoms with E-state index in [2.05, 4.69) is 40.6 Å². The number of benzene rings is 2. The number of nitrogens with zero attached hydrogens (tertiary/aromatic N) is 2. The Morgan fingerprint density at radius 2 is 1.62 bits per heavy atom. The molecule has 1 saturated carbocycles. The van der Waals surface area contributed by atoms with Gasteiger partial charge in [0.1, 0.15) is 6.54 Å². The van der Waals surface area contributed by atoms with Gasteiger partial charge in [-0.25, -0.2) is 0 Å². The van der Waals surface area contributed by atoms with E-state index in [-0.39, 0.29) is 47.9 Å². The molecule has 4 aliphatic rings. The number of allylic oxidation sites excluding steroid dienone is 2. The van der Waals surface area contributed by atoms with E-state index in [0.717, 1.165) is 30.6 Å². The van der Waals surface area contributed by atoms with E-state index in [1.54, 1.807) is 0 Å². The van der Waals surface area contributed by atoms with Crippen molar-refractivity contribution in [1.82, 2.24) is 4.90 Å². The smallest absolute Gasteiger partial charge is 0.244 e. The zero-order valence-corrected chi connectivity index (χ0v) is 17.7. The largest absolute Gasteiger partial charge is 0.367 e. The monoisotopic (exact) mass is 427 g/mol. The van der Waals surface area contributed by atoms with Crippen LogP contribution in [-0.4, -0.2) is 35.7 Å². The number of para-hydroxylation sites is 2. The van der Waals surface area contributed by atoms with Crippen molar-refractivity contribution >= 4 is 29.1 Å². The molecular formula is C26H25N3O3. The third-order valence-corrected chi connectivity index (χ3v) is 7.50. The van der Waals surface area contributed by atoms with E-state index in [0.29, 0.717) is 6.54 Å². The number of nitrogens with one attached hydrogen (secondary N) is 1. The molecule has 6 rings (SSSR count). The highest BCUT2D eigenvalue weighted by Crippen LogP contribution is 2.52. The van der Waals surface area contributed by atoms with Crippen molar-refractivity contribution in [2.24, 2.45) is 23.7 Å². The molecule has 0 radical (unpaired) electrons. The summed E-state index contributed by atoms with van der Waals surface area (Å²) in [5.41, 5.74) is 4.31. The lowest BCUT2D eigenvalue weighted by Crippen LogP contribution is -2.39. The third kappa shape index (κ3) is 2.97. The lowest BCUT2D eigenvalue weighted by Gasteiger charge is -2.22. The van der Waals surface area contributed by atoms with Gasteiger partial charge < -0.3 is 10.2 Å². The van der Waals surface area contributed by atoms with Gasteiger partial charge in [-0.1, -0.05) is 48.6 Å². The average Bonchev–Trinajstić information content (AvgIpc) is 3.56. The number of carbonyl (C=O) groups is 3. The molecule has 2 aliphatic carbocycles. The summed E-state index contributed by atoms with van der Waals surface area (Å²) in [5.74, 6) is -0.943. The molecule has 32 heavy (non-hydrogen) atoms. The van der Waals surface area contributed by atoms with Crippen molar-refractivity contribution in [1.29, 1.82) is 0 Å². The maximum atomic E-state index is 12.9. The summed E-state index contributed by atoms with van der Waals surface area (Å²) in [6.07, 6.45) is 6.03. The molecule has 162 valence electrons. The Kier molecular flexibility index (Phi) is 4.42. The van der Waals surface area contributed by atoms with E-state index in [1.807, 2.05) is 30.3 Å². The molecular weight excluding hydrogens is 402 g/mol. The Labute approximate surface area is 186 Å². The fourth-order valence-electron chi connectivity index (χ4n) is 6.01. The lowest BCUT2D eigenvalue weighted by molar-refractivity contribution is -0.143. The summed E-state index contributed by atoms with van der Waals surface area (Å²) in [6, 6.07) is 16.1. The number of hydrogen-bond donors (Lipinski definition) is 1. The number of rotatable bonds is 5. The molecule has 3 amide bonds. The maximum Gasteiger partial charge on any atom is 0.244 e. The van der Waals surface area contributed by atoms with E-state index < -0.39 is 0 Å². The summed E-state index contributed by atoms with van der Waals surface area (Å²) >= 11 is 0. The van der Waals surface area contributed by atoms with Crippen LogP contribution in [0.5, 0.6) is 0 Å². The van der Waals surface area contributed by atoms with Crippen LogP contribution >= 0.6 is 0 Å². The predicted molar refractivity (Wildman–Crippen MR) is 121 cm³/mol. The highest BCUT2D eigenvalue weighted by molar-refractivity contribution is 6.09. The molecule has 2 aliphatic heterocycles. The van der Waals surface area contributed by atoms with E-state index >= 15 is 0 Å². The molecule has 2 aromatic carbocycles. The second-order valence-electron chi connectivity index (χ2n) is 9.27. The Morgan fingerprint density at radius 1 is 0.938 bits per heavy atom. The van der Waals surface area contributed by atoms with Gasteiger partial charge in [0.05, 0.1) is 11.8 Å². The predicted octanol–water partition coefficient (Wildman–Crippen LogP) is 2.99. The maximum absolute atomic E-state index is 12.9. The number of likely N-dealkylation sites (tertiary alicyclic amines) is 1. The molecule has 0 spiro atoms. The number of amides is 3. The summed E-state index contributed by atoms with van der Waals surface area (Å²) in [4.78, 5) is 42.1. The van der Waals surface area contributed by atoms with E-state index in [1.165, 1.54) is 16.2 Å². The Morgan fingerprint density at radius 3 is 2.41 bits per heavy atom. The number of imide groups is 1. The zero-order valence-electron chi connectivity index (χ0n) is 17.7. The van der Waals surface area contributed by atoms with Gasteiger partial charge in [-0.15, -0.1) is 0 Å². The van der Waals surface area contributed by atoms with Crippen molar-refractivity contribution in [3.8, 4) is 0 Å². The normalized spacial score (nSPS) is 27.2. The molecule has 0 unspecified atom stereocenters. The topological polar surface area (TPSA) is 69.7 Å². The third-order valence-electron chi connectivity index (χ3n) is 7.50. The zero-order chi connectivity index (χ0) is 21.8. The molecule has 6 nitrogen and oxygen atoms in total. The van der Waals surface area contributed by atoms with E-state index in [9.17, 15) is 14.4 Å². The minimum absolute atomic E-state index is 0.151. The Hall–Kier alpha value is -3.41. The van der Waals surface area contributed by atoms with Crippen LogP contribution in [0.2, 0.25) is 0 Å². The van der Waals surface area contributed by atoms with Gasteiger partial charge in [-0.05, 0) is 47.9 Å². The van der Waals surface area contributed by atoms with Crippen LogP contribution in [0.25, 0.3) is 0 Å². The van der Waals surface area contributed by atoms with Crippen molar-refractivity contribution in [3.63, 3.8) is 0 Å². The minimum atomic E-state index is -0.332.